The van der Waals surface area contributed by atoms with Gasteiger partial charge in [0, 0.05) is 23.1 Å². The van der Waals surface area contributed by atoms with Crippen molar-refractivity contribution in [3.8, 4) is 0 Å². The Bertz CT molecular complexity index is 628. The summed E-state index contributed by atoms with van der Waals surface area (Å²) in [4.78, 5) is 14.0. The molecule has 0 saturated carbocycles. The standard InChI is InChI=1S/C15H12BrCl2NO/c1-19(9-10-2-4-11(16)5-3-10)15(20)13-8-12(17)6-7-14(13)18/h2-8H,9H2,1H3. The quantitative estimate of drug-likeness (QED) is 0.739. The van der Waals surface area contributed by atoms with Crippen LogP contribution in [0.15, 0.2) is 46.9 Å². The molecule has 0 radical (unpaired) electrons. The SMILES string of the molecule is CN(Cc1ccc(Br)cc1)C(=O)c1cc(Cl)ccc1Cl. The Balaban J connectivity index is 2.16. The molecule has 2 nitrogen and oxygen atoms in total. The molecule has 0 heterocycles. The molecule has 0 aliphatic carbocycles. The Morgan fingerprint density at radius 2 is 1.80 bits per heavy atom. The molecule has 0 spiro atoms. The van der Waals surface area contributed by atoms with Gasteiger partial charge in [0.25, 0.3) is 5.91 Å². The zero-order chi connectivity index (χ0) is 14.7. The van der Waals surface area contributed by atoms with Crippen molar-refractivity contribution in [2.24, 2.45) is 0 Å². The first-order valence-electron chi connectivity index (χ1n) is 5.92. The van der Waals surface area contributed by atoms with E-state index in [0.29, 0.717) is 22.2 Å². The van der Waals surface area contributed by atoms with Crippen LogP contribution in [0.3, 0.4) is 0 Å². The highest BCUT2D eigenvalue weighted by Gasteiger charge is 2.15. The molecule has 0 saturated heterocycles. The number of halogens is 3. The molecule has 20 heavy (non-hydrogen) atoms. The van der Waals surface area contributed by atoms with Crippen molar-refractivity contribution in [3.63, 3.8) is 0 Å². The van der Waals surface area contributed by atoms with Crippen molar-refractivity contribution < 1.29 is 4.79 Å². The fourth-order valence-corrected chi connectivity index (χ4v) is 2.44. The molecular weight excluding hydrogens is 361 g/mol. The second-order valence-corrected chi connectivity index (χ2v) is 6.17. The number of amides is 1. The average Bonchev–Trinajstić information content (AvgIpc) is 2.43. The molecule has 5 heteroatoms. The van der Waals surface area contributed by atoms with Gasteiger partial charge in [0.05, 0.1) is 10.6 Å². The summed E-state index contributed by atoms with van der Waals surface area (Å²) in [5.74, 6) is -0.152. The van der Waals surface area contributed by atoms with Gasteiger partial charge in [-0.2, -0.15) is 0 Å². The van der Waals surface area contributed by atoms with Crippen LogP contribution in [0.2, 0.25) is 10.0 Å². The van der Waals surface area contributed by atoms with Gasteiger partial charge in [0.15, 0.2) is 0 Å². The van der Waals surface area contributed by atoms with E-state index < -0.39 is 0 Å². The smallest absolute Gasteiger partial charge is 0.255 e. The van der Waals surface area contributed by atoms with Crippen LogP contribution in [0.4, 0.5) is 0 Å². The molecule has 2 aromatic rings. The number of nitrogens with zero attached hydrogens (tertiary/aromatic N) is 1. The lowest BCUT2D eigenvalue weighted by atomic mass is 10.1. The molecule has 0 fully saturated rings. The van der Waals surface area contributed by atoms with Gasteiger partial charge in [0.1, 0.15) is 0 Å². The summed E-state index contributed by atoms with van der Waals surface area (Å²) < 4.78 is 1.01. The molecule has 1 amide bonds. The Morgan fingerprint density at radius 1 is 1.15 bits per heavy atom. The maximum atomic E-state index is 12.4. The van der Waals surface area contributed by atoms with Crippen molar-refractivity contribution in [1.29, 1.82) is 0 Å². The summed E-state index contributed by atoms with van der Waals surface area (Å²) in [5.41, 5.74) is 1.46. The molecule has 0 unspecified atom stereocenters. The molecule has 2 aromatic carbocycles. The minimum Gasteiger partial charge on any atom is -0.337 e. The number of carbonyl (C=O) groups is 1. The van der Waals surface area contributed by atoms with Gasteiger partial charge in [-0.3, -0.25) is 4.79 Å². The van der Waals surface area contributed by atoms with Crippen molar-refractivity contribution in [2.75, 3.05) is 7.05 Å². The fraction of sp³-hybridized carbons (Fsp3) is 0.133. The molecular formula is C15H12BrCl2NO. The molecule has 0 aliphatic heterocycles. The first-order valence-corrected chi connectivity index (χ1v) is 7.47. The largest absolute Gasteiger partial charge is 0.337 e. The number of rotatable bonds is 3. The van der Waals surface area contributed by atoms with Gasteiger partial charge in [-0.05, 0) is 35.9 Å². The maximum Gasteiger partial charge on any atom is 0.255 e. The van der Waals surface area contributed by atoms with E-state index in [-0.39, 0.29) is 5.91 Å². The van der Waals surface area contributed by atoms with Gasteiger partial charge in [-0.25, -0.2) is 0 Å². The number of hydrogen-bond acceptors (Lipinski definition) is 1. The Labute approximate surface area is 136 Å². The molecule has 0 bridgehead atoms. The van der Waals surface area contributed by atoms with E-state index in [0.717, 1.165) is 10.0 Å². The predicted octanol–water partition coefficient (Wildman–Crippen LogP) is 5.03. The van der Waals surface area contributed by atoms with Crippen molar-refractivity contribution >= 4 is 45.0 Å². The summed E-state index contributed by atoms with van der Waals surface area (Å²) >= 11 is 15.3. The summed E-state index contributed by atoms with van der Waals surface area (Å²) in [6.45, 7) is 0.509. The Kier molecular flexibility index (Phi) is 5.08. The number of hydrogen-bond donors (Lipinski definition) is 0. The van der Waals surface area contributed by atoms with Crippen LogP contribution in [-0.4, -0.2) is 17.9 Å². The van der Waals surface area contributed by atoms with Gasteiger partial charge in [-0.15, -0.1) is 0 Å². The lowest BCUT2D eigenvalue weighted by Crippen LogP contribution is -2.26. The van der Waals surface area contributed by atoms with E-state index in [2.05, 4.69) is 15.9 Å². The highest BCUT2D eigenvalue weighted by Crippen LogP contribution is 2.22. The Hall–Kier alpha value is -1.03. The molecule has 0 aliphatic rings. The highest BCUT2D eigenvalue weighted by atomic mass is 79.9. The van der Waals surface area contributed by atoms with Crippen molar-refractivity contribution in [2.45, 2.75) is 6.54 Å². The summed E-state index contributed by atoms with van der Waals surface area (Å²) in [7, 11) is 1.74. The van der Waals surface area contributed by atoms with Crippen LogP contribution in [0.25, 0.3) is 0 Å². The van der Waals surface area contributed by atoms with Crippen LogP contribution in [0, 0.1) is 0 Å². The zero-order valence-corrected chi connectivity index (χ0v) is 13.8. The van der Waals surface area contributed by atoms with E-state index in [1.54, 1.807) is 30.1 Å². The van der Waals surface area contributed by atoms with Crippen molar-refractivity contribution in [1.82, 2.24) is 4.90 Å². The van der Waals surface area contributed by atoms with Crippen LogP contribution >= 0.6 is 39.1 Å². The van der Waals surface area contributed by atoms with E-state index in [1.807, 2.05) is 24.3 Å². The molecule has 0 aromatic heterocycles. The lowest BCUT2D eigenvalue weighted by molar-refractivity contribution is 0.0785. The van der Waals surface area contributed by atoms with Crippen LogP contribution in [-0.2, 0) is 6.54 Å². The van der Waals surface area contributed by atoms with E-state index in [4.69, 9.17) is 23.2 Å². The van der Waals surface area contributed by atoms with E-state index in [9.17, 15) is 4.79 Å². The normalized spacial score (nSPS) is 10.4. The topological polar surface area (TPSA) is 20.3 Å². The summed E-state index contributed by atoms with van der Waals surface area (Å²) in [6.07, 6.45) is 0. The minimum absolute atomic E-state index is 0.152. The van der Waals surface area contributed by atoms with E-state index in [1.165, 1.54) is 0 Å². The van der Waals surface area contributed by atoms with Crippen molar-refractivity contribution in [3.05, 3.63) is 68.1 Å². The van der Waals surface area contributed by atoms with Gasteiger partial charge < -0.3 is 4.90 Å². The number of carbonyl (C=O) groups excluding carboxylic acids is 1. The fourth-order valence-electron chi connectivity index (χ4n) is 1.80. The van der Waals surface area contributed by atoms with Crippen LogP contribution < -0.4 is 0 Å². The van der Waals surface area contributed by atoms with Crippen LogP contribution in [0.5, 0.6) is 0 Å². The third-order valence-corrected chi connectivity index (χ3v) is 3.93. The Morgan fingerprint density at radius 3 is 2.45 bits per heavy atom. The van der Waals surface area contributed by atoms with Gasteiger partial charge in [0.2, 0.25) is 0 Å². The summed E-state index contributed by atoms with van der Waals surface area (Å²) in [5, 5.41) is 0.900. The molecule has 0 N–H and O–H groups in total. The maximum absolute atomic E-state index is 12.4. The summed E-state index contributed by atoms with van der Waals surface area (Å²) in [6, 6.07) is 12.7. The third-order valence-electron chi connectivity index (χ3n) is 2.84. The third kappa shape index (κ3) is 3.75. The first-order chi connectivity index (χ1) is 9.47. The zero-order valence-electron chi connectivity index (χ0n) is 10.7. The highest BCUT2D eigenvalue weighted by molar-refractivity contribution is 9.10. The number of benzene rings is 2. The molecule has 104 valence electrons. The second kappa shape index (κ2) is 6.61. The monoisotopic (exact) mass is 371 g/mol. The van der Waals surface area contributed by atoms with E-state index >= 15 is 0 Å². The van der Waals surface area contributed by atoms with Gasteiger partial charge >= 0.3 is 0 Å². The second-order valence-electron chi connectivity index (χ2n) is 4.41. The van der Waals surface area contributed by atoms with Crippen LogP contribution in [0.1, 0.15) is 15.9 Å². The molecule has 2 rings (SSSR count). The minimum atomic E-state index is -0.152. The molecule has 0 atom stereocenters. The average molecular weight is 373 g/mol. The lowest BCUT2D eigenvalue weighted by Gasteiger charge is -2.18. The van der Waals surface area contributed by atoms with Gasteiger partial charge in [-0.1, -0.05) is 51.3 Å². The predicted molar refractivity (Wildman–Crippen MR) is 86.4 cm³/mol. The first kappa shape index (κ1) is 15.4.